The number of aromatic nitrogens is 5. The van der Waals surface area contributed by atoms with Crippen LogP contribution in [0, 0.1) is 5.92 Å². The van der Waals surface area contributed by atoms with E-state index in [4.69, 9.17) is 10.2 Å². The zero-order valence-corrected chi connectivity index (χ0v) is 20.4. The van der Waals surface area contributed by atoms with Crippen molar-refractivity contribution in [1.82, 2.24) is 29.5 Å². The van der Waals surface area contributed by atoms with Crippen LogP contribution in [0.5, 0.6) is 0 Å². The number of hydrogen-bond acceptors (Lipinski definition) is 10. The third-order valence-electron chi connectivity index (χ3n) is 7.11. The molecule has 2 fully saturated rings. The summed E-state index contributed by atoms with van der Waals surface area (Å²) in [5, 5.41) is 13.7. The van der Waals surface area contributed by atoms with Gasteiger partial charge in [0, 0.05) is 51.5 Å². The molecule has 12 heteroatoms. The zero-order valence-electron chi connectivity index (χ0n) is 20.4. The second-order valence-electron chi connectivity index (χ2n) is 9.60. The molecule has 4 aromatic rings. The summed E-state index contributed by atoms with van der Waals surface area (Å²) < 4.78 is 6.84. The number of furan rings is 1. The zero-order chi connectivity index (χ0) is 25.4. The van der Waals surface area contributed by atoms with Crippen LogP contribution in [-0.2, 0) is 0 Å². The average molecular weight is 504 g/mol. The van der Waals surface area contributed by atoms with Crippen LogP contribution in [0.1, 0.15) is 23.2 Å². The number of fused-ring (bicyclic) bond motifs is 1. The standard InChI is InChI=1S/C25H29N9O3/c26-23-28-24(29-25-27-21(30-34(23)25)20-7-3-13-37-20)33-8-2-4-17(16-33)15-31-9-11-32(12-10-31)19-6-1-5-18(14-19)22(35)36/h1,3,5-7,13-14,17H,2,4,8-12,15-16H2,(H,35,36)(H2,26,27,28,29,30). The first-order chi connectivity index (χ1) is 18.0. The molecule has 0 saturated carbocycles. The molecule has 0 amide bonds. The first-order valence-electron chi connectivity index (χ1n) is 12.5. The van der Waals surface area contributed by atoms with Gasteiger partial charge in [-0.15, -0.1) is 5.10 Å². The largest absolute Gasteiger partial charge is 0.478 e. The van der Waals surface area contributed by atoms with Crippen molar-refractivity contribution in [2.24, 2.45) is 5.92 Å². The SMILES string of the molecule is Nc1nc(N2CCCC(CN3CCN(c4cccc(C(=O)O)c4)CC3)C2)nc2nc(-c3ccco3)nn12. The predicted octanol–water partition coefficient (Wildman–Crippen LogP) is 2.10. The highest BCUT2D eigenvalue weighted by Crippen LogP contribution is 2.25. The van der Waals surface area contributed by atoms with Gasteiger partial charge in [-0.25, -0.2) is 4.79 Å². The quantitative estimate of drug-likeness (QED) is 0.399. The van der Waals surface area contributed by atoms with E-state index in [-0.39, 0.29) is 5.95 Å². The molecule has 6 rings (SSSR count). The molecule has 2 aliphatic heterocycles. The Kier molecular flexibility index (Phi) is 6.08. The number of benzene rings is 1. The summed E-state index contributed by atoms with van der Waals surface area (Å²) in [6.45, 7) is 6.37. The van der Waals surface area contributed by atoms with Crippen LogP contribution in [0.15, 0.2) is 47.1 Å². The molecule has 0 bridgehead atoms. The van der Waals surface area contributed by atoms with Crippen molar-refractivity contribution >= 4 is 29.3 Å². The summed E-state index contributed by atoms with van der Waals surface area (Å²) in [7, 11) is 0. The number of aromatic carboxylic acids is 1. The molecule has 1 unspecified atom stereocenters. The molecule has 192 valence electrons. The smallest absolute Gasteiger partial charge is 0.335 e. The van der Waals surface area contributed by atoms with E-state index in [1.807, 2.05) is 12.1 Å². The van der Waals surface area contributed by atoms with E-state index in [1.54, 1.807) is 30.5 Å². The summed E-state index contributed by atoms with van der Waals surface area (Å²) in [5.74, 6) is 1.81. The molecule has 0 radical (unpaired) electrons. The molecule has 2 aliphatic rings. The minimum Gasteiger partial charge on any atom is -0.478 e. The fraction of sp³-hybridized carbons (Fsp3) is 0.400. The van der Waals surface area contributed by atoms with Gasteiger partial charge in [0.2, 0.25) is 17.7 Å². The lowest BCUT2D eigenvalue weighted by Crippen LogP contribution is -2.49. The van der Waals surface area contributed by atoms with Crippen molar-refractivity contribution in [3.63, 3.8) is 0 Å². The van der Waals surface area contributed by atoms with Crippen LogP contribution in [-0.4, -0.2) is 86.4 Å². The van der Waals surface area contributed by atoms with Crippen molar-refractivity contribution in [2.45, 2.75) is 12.8 Å². The van der Waals surface area contributed by atoms with Gasteiger partial charge >= 0.3 is 5.97 Å². The van der Waals surface area contributed by atoms with E-state index in [9.17, 15) is 9.90 Å². The van der Waals surface area contributed by atoms with E-state index >= 15 is 0 Å². The number of piperazine rings is 1. The Morgan fingerprint density at radius 3 is 2.70 bits per heavy atom. The van der Waals surface area contributed by atoms with Gasteiger partial charge in [-0.05, 0) is 49.1 Å². The lowest BCUT2D eigenvalue weighted by molar-refractivity contribution is 0.0697. The maximum atomic E-state index is 11.3. The molecule has 12 nitrogen and oxygen atoms in total. The Balaban J connectivity index is 1.09. The number of rotatable bonds is 6. The Labute approximate surface area is 213 Å². The normalized spacial score (nSPS) is 19.0. The fourth-order valence-corrected chi connectivity index (χ4v) is 5.23. The Bertz CT molecular complexity index is 1400. The second-order valence-corrected chi connectivity index (χ2v) is 9.60. The lowest BCUT2D eigenvalue weighted by Gasteiger charge is -2.40. The summed E-state index contributed by atoms with van der Waals surface area (Å²) in [6, 6.07) is 10.8. The Morgan fingerprint density at radius 1 is 1.05 bits per heavy atom. The van der Waals surface area contributed by atoms with Gasteiger partial charge in [-0.3, -0.25) is 4.90 Å². The van der Waals surface area contributed by atoms with Gasteiger partial charge in [0.25, 0.3) is 5.78 Å². The molecular weight excluding hydrogens is 474 g/mol. The topological polar surface area (TPSA) is 142 Å². The molecule has 0 aliphatic carbocycles. The van der Waals surface area contributed by atoms with Crippen LogP contribution in [0.25, 0.3) is 17.4 Å². The molecule has 1 aromatic carbocycles. The maximum Gasteiger partial charge on any atom is 0.335 e. The van der Waals surface area contributed by atoms with E-state index in [0.29, 0.717) is 34.8 Å². The van der Waals surface area contributed by atoms with Crippen molar-refractivity contribution < 1.29 is 14.3 Å². The molecule has 3 N–H and O–H groups in total. The number of hydrogen-bond donors (Lipinski definition) is 2. The van der Waals surface area contributed by atoms with Gasteiger partial charge in [0.1, 0.15) is 0 Å². The van der Waals surface area contributed by atoms with Crippen LogP contribution in [0.4, 0.5) is 17.6 Å². The van der Waals surface area contributed by atoms with Crippen molar-refractivity contribution in [2.75, 3.05) is 61.3 Å². The number of carbonyl (C=O) groups is 1. The molecule has 2 saturated heterocycles. The molecule has 5 heterocycles. The van der Waals surface area contributed by atoms with Crippen LogP contribution in [0.2, 0.25) is 0 Å². The maximum absolute atomic E-state index is 11.3. The number of nitrogens with zero attached hydrogens (tertiary/aromatic N) is 8. The van der Waals surface area contributed by atoms with Crippen LogP contribution >= 0.6 is 0 Å². The second kappa shape index (κ2) is 9.69. The van der Waals surface area contributed by atoms with Crippen molar-refractivity contribution in [1.29, 1.82) is 0 Å². The van der Waals surface area contributed by atoms with E-state index in [0.717, 1.165) is 64.3 Å². The highest BCUT2D eigenvalue weighted by Gasteiger charge is 2.27. The minimum atomic E-state index is -0.894. The highest BCUT2D eigenvalue weighted by atomic mass is 16.4. The Hall–Kier alpha value is -4.19. The van der Waals surface area contributed by atoms with Gasteiger partial charge in [-0.2, -0.15) is 19.5 Å². The lowest BCUT2D eigenvalue weighted by atomic mass is 9.97. The molecule has 1 atom stereocenters. The summed E-state index contributed by atoms with van der Waals surface area (Å²) in [4.78, 5) is 31.9. The van der Waals surface area contributed by atoms with Gasteiger partial charge in [0.15, 0.2) is 5.76 Å². The summed E-state index contributed by atoms with van der Waals surface area (Å²) >= 11 is 0. The third kappa shape index (κ3) is 4.79. The van der Waals surface area contributed by atoms with Crippen molar-refractivity contribution in [3.8, 4) is 11.6 Å². The predicted molar refractivity (Wildman–Crippen MR) is 138 cm³/mol. The number of carboxylic acid groups (broad SMARTS) is 1. The molecular formula is C25H29N9O3. The summed E-state index contributed by atoms with van der Waals surface area (Å²) in [5.41, 5.74) is 7.50. The van der Waals surface area contributed by atoms with Gasteiger partial charge in [0.05, 0.1) is 11.8 Å². The number of anilines is 3. The van der Waals surface area contributed by atoms with Gasteiger partial charge < -0.3 is 25.1 Å². The van der Waals surface area contributed by atoms with Crippen LogP contribution < -0.4 is 15.5 Å². The first-order valence-corrected chi connectivity index (χ1v) is 12.5. The van der Waals surface area contributed by atoms with E-state index < -0.39 is 5.97 Å². The molecule has 3 aromatic heterocycles. The van der Waals surface area contributed by atoms with Crippen molar-refractivity contribution in [3.05, 3.63) is 48.2 Å². The molecule has 37 heavy (non-hydrogen) atoms. The molecule has 0 spiro atoms. The number of piperidine rings is 1. The number of nitrogens with two attached hydrogens (primary N) is 1. The van der Waals surface area contributed by atoms with Crippen LogP contribution in [0.3, 0.4) is 0 Å². The number of nitrogen functional groups attached to an aromatic ring is 1. The number of carboxylic acids is 1. The third-order valence-corrected chi connectivity index (χ3v) is 7.11. The Morgan fingerprint density at radius 2 is 1.92 bits per heavy atom. The van der Waals surface area contributed by atoms with Gasteiger partial charge in [-0.1, -0.05) is 6.07 Å². The minimum absolute atomic E-state index is 0.246. The monoisotopic (exact) mass is 503 g/mol. The van der Waals surface area contributed by atoms with E-state index in [2.05, 4.69) is 34.8 Å². The highest BCUT2D eigenvalue weighted by molar-refractivity contribution is 5.88. The first kappa shape index (κ1) is 23.2. The summed E-state index contributed by atoms with van der Waals surface area (Å²) in [6.07, 6.45) is 3.79. The average Bonchev–Trinajstić information content (AvgIpc) is 3.60. The fourth-order valence-electron chi connectivity index (χ4n) is 5.23. The van der Waals surface area contributed by atoms with E-state index in [1.165, 1.54) is 4.52 Å².